The molecule has 1 atom stereocenters. The van der Waals surface area contributed by atoms with Gasteiger partial charge in [0, 0.05) is 16.1 Å². The maximum absolute atomic E-state index is 11.1. The molecule has 1 N–H and O–H groups in total. The third-order valence-electron chi connectivity index (χ3n) is 2.47. The highest BCUT2D eigenvalue weighted by Gasteiger charge is 2.14. The predicted octanol–water partition coefficient (Wildman–Crippen LogP) is 3.21. The van der Waals surface area contributed by atoms with E-state index in [2.05, 4.69) is 10.1 Å². The van der Waals surface area contributed by atoms with Crippen molar-refractivity contribution >= 4 is 29.2 Å². The average molecular weight is 276 g/mol. The van der Waals surface area contributed by atoms with Crippen LogP contribution in [0.2, 0.25) is 10.0 Å². The van der Waals surface area contributed by atoms with Gasteiger partial charge in [0.05, 0.1) is 13.7 Å². The molecule has 17 heavy (non-hydrogen) atoms. The highest BCUT2D eigenvalue weighted by Crippen LogP contribution is 2.27. The normalized spacial score (nSPS) is 12.2. The zero-order valence-corrected chi connectivity index (χ0v) is 11.3. The molecule has 1 rings (SSSR count). The molecule has 0 aliphatic heterocycles. The Labute approximate surface area is 111 Å². The third-order valence-corrected chi connectivity index (χ3v) is 3.03. The lowest BCUT2D eigenvalue weighted by Gasteiger charge is -2.18. The quantitative estimate of drug-likeness (QED) is 0.839. The number of methoxy groups -OCH3 is 1. The second-order valence-electron chi connectivity index (χ2n) is 3.58. The molecule has 0 heterocycles. The summed E-state index contributed by atoms with van der Waals surface area (Å²) in [6.07, 6.45) is 0.818. The average Bonchev–Trinajstić information content (AvgIpc) is 2.31. The molecule has 0 bridgehead atoms. The summed E-state index contributed by atoms with van der Waals surface area (Å²) in [5.74, 6) is -0.298. The van der Waals surface area contributed by atoms with Gasteiger partial charge in [0.15, 0.2) is 0 Å². The zero-order chi connectivity index (χ0) is 12.8. The van der Waals surface area contributed by atoms with Crippen molar-refractivity contribution < 1.29 is 9.53 Å². The summed E-state index contributed by atoms with van der Waals surface area (Å²) in [7, 11) is 1.36. The molecule has 0 saturated heterocycles. The van der Waals surface area contributed by atoms with Gasteiger partial charge >= 0.3 is 5.97 Å². The van der Waals surface area contributed by atoms with Gasteiger partial charge in [0.2, 0.25) is 0 Å². The molecule has 0 amide bonds. The number of hydrogen-bond donors (Lipinski definition) is 1. The van der Waals surface area contributed by atoms with Gasteiger partial charge in [-0.15, -0.1) is 0 Å². The molecule has 5 heteroatoms. The van der Waals surface area contributed by atoms with E-state index in [4.69, 9.17) is 23.2 Å². The molecule has 94 valence electrons. The number of carbonyl (C=O) groups excluding carboxylic acids is 1. The van der Waals surface area contributed by atoms with Gasteiger partial charge in [0.25, 0.3) is 0 Å². The maximum atomic E-state index is 11.1. The van der Waals surface area contributed by atoms with Crippen molar-refractivity contribution in [2.24, 2.45) is 0 Å². The number of halogens is 2. The van der Waals surface area contributed by atoms with Gasteiger partial charge in [0.1, 0.15) is 0 Å². The van der Waals surface area contributed by atoms with Crippen LogP contribution in [-0.2, 0) is 9.53 Å². The van der Waals surface area contributed by atoms with Crippen LogP contribution in [0, 0.1) is 0 Å². The maximum Gasteiger partial charge on any atom is 0.319 e. The van der Waals surface area contributed by atoms with Crippen LogP contribution >= 0.6 is 23.2 Å². The molecular formula is C12H15Cl2NO2. The minimum Gasteiger partial charge on any atom is -0.468 e. The van der Waals surface area contributed by atoms with Crippen molar-refractivity contribution in [3.05, 3.63) is 33.8 Å². The number of nitrogens with one attached hydrogen (secondary N) is 1. The van der Waals surface area contributed by atoms with E-state index < -0.39 is 0 Å². The number of ether oxygens (including phenoxy) is 1. The first-order valence-corrected chi connectivity index (χ1v) is 6.09. The minimum atomic E-state index is -0.298. The molecule has 0 saturated carbocycles. The molecule has 1 aromatic carbocycles. The van der Waals surface area contributed by atoms with Gasteiger partial charge in [-0.3, -0.25) is 10.1 Å². The van der Waals surface area contributed by atoms with Crippen LogP contribution in [0.5, 0.6) is 0 Å². The Morgan fingerprint density at radius 2 is 2.18 bits per heavy atom. The Morgan fingerprint density at radius 3 is 2.71 bits per heavy atom. The number of carbonyl (C=O) groups is 1. The molecule has 0 aliphatic carbocycles. The lowest BCUT2D eigenvalue weighted by molar-refractivity contribution is -0.139. The van der Waals surface area contributed by atoms with E-state index in [1.807, 2.05) is 13.0 Å². The zero-order valence-electron chi connectivity index (χ0n) is 9.80. The highest BCUT2D eigenvalue weighted by atomic mass is 35.5. The standard InChI is InChI=1S/C12H15Cl2NO2/c1-3-11(15-7-12(16)17-2)9-5-4-8(13)6-10(9)14/h4-6,11,15H,3,7H2,1-2H3. The van der Waals surface area contributed by atoms with Crippen molar-refractivity contribution in [2.45, 2.75) is 19.4 Å². The fourth-order valence-corrected chi connectivity index (χ4v) is 2.08. The first-order chi connectivity index (χ1) is 8.08. The Kier molecular flexibility index (Phi) is 5.75. The van der Waals surface area contributed by atoms with E-state index in [0.29, 0.717) is 10.0 Å². The molecule has 3 nitrogen and oxygen atoms in total. The van der Waals surface area contributed by atoms with Gasteiger partial charge < -0.3 is 4.74 Å². The molecule has 1 aromatic rings. The summed E-state index contributed by atoms with van der Waals surface area (Å²) >= 11 is 11.9. The lowest BCUT2D eigenvalue weighted by Crippen LogP contribution is -2.28. The molecule has 0 spiro atoms. The Hall–Kier alpha value is -0.770. The van der Waals surface area contributed by atoms with E-state index in [9.17, 15) is 4.79 Å². The summed E-state index contributed by atoms with van der Waals surface area (Å²) in [5, 5.41) is 4.29. The van der Waals surface area contributed by atoms with Gasteiger partial charge in [-0.2, -0.15) is 0 Å². The number of rotatable bonds is 5. The molecule has 0 radical (unpaired) electrons. The SMILES string of the molecule is CCC(NCC(=O)OC)c1ccc(Cl)cc1Cl. The van der Waals surface area contributed by atoms with Crippen molar-refractivity contribution in [1.29, 1.82) is 0 Å². The summed E-state index contributed by atoms with van der Waals surface area (Å²) in [5.41, 5.74) is 0.933. The highest BCUT2D eigenvalue weighted by molar-refractivity contribution is 6.35. The first kappa shape index (κ1) is 14.3. The van der Waals surface area contributed by atoms with E-state index in [1.54, 1.807) is 12.1 Å². The monoisotopic (exact) mass is 275 g/mol. The fourth-order valence-electron chi connectivity index (χ4n) is 1.54. The largest absolute Gasteiger partial charge is 0.468 e. The second kappa shape index (κ2) is 6.84. The molecule has 0 fully saturated rings. The molecule has 0 aromatic heterocycles. The van der Waals surface area contributed by atoms with Crippen molar-refractivity contribution in [2.75, 3.05) is 13.7 Å². The fraction of sp³-hybridized carbons (Fsp3) is 0.417. The topological polar surface area (TPSA) is 38.3 Å². The van der Waals surface area contributed by atoms with Crippen molar-refractivity contribution in [3.8, 4) is 0 Å². The minimum absolute atomic E-state index is 0.0128. The smallest absolute Gasteiger partial charge is 0.319 e. The summed E-state index contributed by atoms with van der Waals surface area (Å²) in [6.45, 7) is 2.17. The number of hydrogen-bond acceptors (Lipinski definition) is 3. The number of benzene rings is 1. The molecule has 0 aliphatic rings. The number of esters is 1. The third kappa shape index (κ3) is 4.19. The first-order valence-electron chi connectivity index (χ1n) is 5.33. The van der Waals surface area contributed by atoms with Crippen LogP contribution < -0.4 is 5.32 Å². The van der Waals surface area contributed by atoms with E-state index >= 15 is 0 Å². The lowest BCUT2D eigenvalue weighted by atomic mass is 10.0. The van der Waals surface area contributed by atoms with Crippen LogP contribution in [0.3, 0.4) is 0 Å². The van der Waals surface area contributed by atoms with Crippen LogP contribution in [0.25, 0.3) is 0 Å². The predicted molar refractivity (Wildman–Crippen MR) is 69.5 cm³/mol. The second-order valence-corrected chi connectivity index (χ2v) is 4.43. The summed E-state index contributed by atoms with van der Waals surface area (Å²) in [6, 6.07) is 5.36. The van der Waals surface area contributed by atoms with Crippen LogP contribution in [0.4, 0.5) is 0 Å². The Bertz CT molecular complexity index is 396. The van der Waals surface area contributed by atoms with Crippen LogP contribution in [0.1, 0.15) is 24.9 Å². The van der Waals surface area contributed by atoms with Gasteiger partial charge in [-0.1, -0.05) is 36.2 Å². The van der Waals surface area contributed by atoms with Crippen LogP contribution in [0.15, 0.2) is 18.2 Å². The Balaban J connectivity index is 2.75. The van der Waals surface area contributed by atoms with E-state index in [0.717, 1.165) is 12.0 Å². The van der Waals surface area contributed by atoms with Crippen molar-refractivity contribution in [3.63, 3.8) is 0 Å². The Morgan fingerprint density at radius 1 is 1.47 bits per heavy atom. The summed E-state index contributed by atoms with van der Waals surface area (Å²) < 4.78 is 4.57. The summed E-state index contributed by atoms with van der Waals surface area (Å²) in [4.78, 5) is 11.1. The van der Waals surface area contributed by atoms with Crippen molar-refractivity contribution in [1.82, 2.24) is 5.32 Å². The van der Waals surface area contributed by atoms with Gasteiger partial charge in [-0.25, -0.2) is 0 Å². The van der Waals surface area contributed by atoms with E-state index in [-0.39, 0.29) is 18.6 Å². The van der Waals surface area contributed by atoms with Crippen LogP contribution in [-0.4, -0.2) is 19.6 Å². The molecule has 1 unspecified atom stereocenters. The molecular weight excluding hydrogens is 261 g/mol. The van der Waals surface area contributed by atoms with Gasteiger partial charge in [-0.05, 0) is 24.1 Å². The van der Waals surface area contributed by atoms with E-state index in [1.165, 1.54) is 7.11 Å².